The Hall–Kier alpha value is -6.70. The second-order valence-corrected chi connectivity index (χ2v) is 12.8. The molecule has 6 aromatic carbocycles. The maximum Gasteiger partial charge on any atom is 0.235 e. The van der Waals surface area contributed by atoms with Crippen molar-refractivity contribution in [2.45, 2.75) is 12.3 Å². The van der Waals surface area contributed by atoms with E-state index < -0.39 is 0 Å². The minimum absolute atomic E-state index is 0.386. The zero-order chi connectivity index (χ0) is 33.0. The van der Waals surface area contributed by atoms with Gasteiger partial charge in [-0.3, -0.25) is 4.57 Å². The third-order valence-electron chi connectivity index (χ3n) is 9.87. The molecule has 0 amide bonds. The summed E-state index contributed by atoms with van der Waals surface area (Å²) in [5, 5.41) is 4.19. The molecule has 4 nitrogen and oxygen atoms in total. The minimum atomic E-state index is 0.386. The number of hydrogen-bond donors (Lipinski definition) is 0. The van der Waals surface area contributed by atoms with Crippen molar-refractivity contribution in [2.75, 3.05) is 0 Å². The first-order valence-electron chi connectivity index (χ1n) is 16.9. The van der Waals surface area contributed by atoms with Crippen LogP contribution in [0.15, 0.2) is 162 Å². The summed E-state index contributed by atoms with van der Waals surface area (Å²) in [4.78, 5) is 10.6. The zero-order valence-electron chi connectivity index (χ0n) is 27.0. The Kier molecular flexibility index (Phi) is 6.50. The molecule has 234 valence electrons. The first-order chi connectivity index (χ1) is 24.8. The third kappa shape index (κ3) is 4.63. The molecule has 0 bridgehead atoms. The normalized spacial score (nSPS) is 14.2. The van der Waals surface area contributed by atoms with Crippen LogP contribution in [-0.4, -0.2) is 14.5 Å². The highest BCUT2D eigenvalue weighted by Crippen LogP contribution is 2.40. The average molecular weight is 640 g/mol. The molecule has 0 aliphatic heterocycles. The van der Waals surface area contributed by atoms with E-state index in [2.05, 4.69) is 156 Å². The minimum Gasteiger partial charge on any atom is -0.446 e. The largest absolute Gasteiger partial charge is 0.446 e. The lowest BCUT2D eigenvalue weighted by Gasteiger charge is -2.15. The van der Waals surface area contributed by atoms with E-state index in [1.165, 1.54) is 11.1 Å². The van der Waals surface area contributed by atoms with Crippen molar-refractivity contribution < 1.29 is 4.42 Å². The number of para-hydroxylation sites is 1. The molecule has 10 rings (SSSR count). The number of allylic oxidation sites excluding steroid dienone is 4. The maximum absolute atomic E-state index is 6.47. The molecule has 0 radical (unpaired) electrons. The molecule has 4 heteroatoms. The SMILES string of the molecule is c1ccc2c(c#1)oc1c2ccc2c1c1ccccc1n2-c1nc(-c2ccc(-c3ccccc3)cc2)cc(-c2ccc(C3C=CC=CC3)cc2)n1. The van der Waals surface area contributed by atoms with Crippen molar-refractivity contribution in [1.29, 1.82) is 0 Å². The van der Waals surface area contributed by atoms with Gasteiger partial charge in [-0.2, -0.15) is 0 Å². The van der Waals surface area contributed by atoms with Gasteiger partial charge >= 0.3 is 0 Å². The van der Waals surface area contributed by atoms with E-state index in [-0.39, 0.29) is 0 Å². The lowest BCUT2D eigenvalue weighted by Crippen LogP contribution is -2.04. The lowest BCUT2D eigenvalue weighted by atomic mass is 9.92. The van der Waals surface area contributed by atoms with Gasteiger partial charge in [0.25, 0.3) is 0 Å². The van der Waals surface area contributed by atoms with Crippen molar-refractivity contribution in [3.63, 3.8) is 0 Å². The van der Waals surface area contributed by atoms with Crippen LogP contribution in [0.4, 0.5) is 0 Å². The summed E-state index contributed by atoms with van der Waals surface area (Å²) in [5.74, 6) is 0.993. The summed E-state index contributed by atoms with van der Waals surface area (Å²) in [6.07, 6.45) is 9.76. The molecule has 3 aromatic heterocycles. The molecule has 1 atom stereocenters. The van der Waals surface area contributed by atoms with Gasteiger partial charge in [-0.1, -0.05) is 127 Å². The van der Waals surface area contributed by atoms with E-state index in [1.807, 2.05) is 18.2 Å². The fourth-order valence-electron chi connectivity index (χ4n) is 7.36. The Labute approximate surface area is 289 Å². The molecule has 0 spiro atoms. The number of aromatic nitrogens is 3. The monoisotopic (exact) mass is 639 g/mol. The van der Waals surface area contributed by atoms with Gasteiger partial charge in [-0.25, -0.2) is 9.97 Å². The summed E-state index contributed by atoms with van der Waals surface area (Å²) in [6.45, 7) is 0. The first kappa shape index (κ1) is 28.3. The third-order valence-corrected chi connectivity index (χ3v) is 9.87. The number of furan rings is 1. The van der Waals surface area contributed by atoms with Crippen molar-refractivity contribution in [3.05, 3.63) is 175 Å². The first-order valence-corrected chi connectivity index (χ1v) is 16.9. The van der Waals surface area contributed by atoms with Crippen LogP contribution in [0, 0.1) is 12.1 Å². The van der Waals surface area contributed by atoms with Gasteiger partial charge in [0, 0.05) is 33.2 Å². The molecule has 0 saturated heterocycles. The van der Waals surface area contributed by atoms with Crippen LogP contribution >= 0.6 is 0 Å². The van der Waals surface area contributed by atoms with Gasteiger partial charge in [0.15, 0.2) is 5.58 Å². The van der Waals surface area contributed by atoms with Crippen molar-refractivity contribution in [3.8, 4) is 39.6 Å². The lowest BCUT2D eigenvalue weighted by molar-refractivity contribution is 0.673. The van der Waals surface area contributed by atoms with Crippen LogP contribution in [0.25, 0.3) is 83.3 Å². The van der Waals surface area contributed by atoms with E-state index in [0.717, 1.165) is 72.7 Å². The van der Waals surface area contributed by atoms with Gasteiger partial charge in [-0.15, -0.1) is 0 Å². The summed E-state index contributed by atoms with van der Waals surface area (Å²) in [6, 6.07) is 52.9. The number of benzene rings is 5. The molecule has 50 heavy (non-hydrogen) atoms. The van der Waals surface area contributed by atoms with Gasteiger partial charge in [-0.05, 0) is 65.6 Å². The molecule has 0 N–H and O–H groups in total. The van der Waals surface area contributed by atoms with Crippen LogP contribution < -0.4 is 0 Å². The predicted octanol–water partition coefficient (Wildman–Crippen LogP) is 11.7. The Morgan fingerprint density at radius 3 is 2.12 bits per heavy atom. The summed E-state index contributed by atoms with van der Waals surface area (Å²) in [5.41, 5.74) is 11.0. The van der Waals surface area contributed by atoms with Crippen molar-refractivity contribution in [2.24, 2.45) is 0 Å². The number of hydrogen-bond acceptors (Lipinski definition) is 3. The average Bonchev–Trinajstić information content (AvgIpc) is 3.74. The van der Waals surface area contributed by atoms with Gasteiger partial charge < -0.3 is 4.42 Å². The molecule has 3 heterocycles. The van der Waals surface area contributed by atoms with Crippen LogP contribution in [0.2, 0.25) is 0 Å². The van der Waals surface area contributed by atoms with Crippen LogP contribution in [-0.2, 0) is 0 Å². The second kappa shape index (κ2) is 11.5. The number of nitrogens with zero attached hydrogens (tertiary/aromatic N) is 3. The van der Waals surface area contributed by atoms with E-state index in [1.54, 1.807) is 0 Å². The molecule has 0 fully saturated rings. The number of fused-ring (bicyclic) bond motifs is 7. The van der Waals surface area contributed by atoms with Gasteiger partial charge in [0.1, 0.15) is 5.58 Å². The topological polar surface area (TPSA) is 43.9 Å². The van der Waals surface area contributed by atoms with Crippen molar-refractivity contribution in [1.82, 2.24) is 14.5 Å². The fourth-order valence-corrected chi connectivity index (χ4v) is 7.36. The highest BCUT2D eigenvalue weighted by molar-refractivity contribution is 6.23. The van der Waals surface area contributed by atoms with Crippen LogP contribution in [0.3, 0.4) is 0 Å². The molecular weight excluding hydrogens is 611 g/mol. The Balaban J connectivity index is 1.18. The second-order valence-electron chi connectivity index (χ2n) is 12.8. The zero-order valence-corrected chi connectivity index (χ0v) is 27.0. The quantitative estimate of drug-likeness (QED) is 0.188. The summed E-state index contributed by atoms with van der Waals surface area (Å²) < 4.78 is 8.64. The van der Waals surface area contributed by atoms with E-state index in [0.29, 0.717) is 17.4 Å². The smallest absolute Gasteiger partial charge is 0.235 e. The standard InChI is InChI=1S/C46H29N3O/c1-3-11-30(12-4-1)32-19-23-34(24-20-32)39-29-40(35-25-21-33(22-26-35)31-13-5-2-6-14-31)48-46(47-39)49-41-17-9-7-16-38(41)44-42(49)28-27-37-36-15-8-10-18-43(36)50-45(37)44/h1-9,11-13,15-17,19-29,31H,14H2. The number of rotatable bonds is 5. The maximum atomic E-state index is 6.47. The molecule has 1 aliphatic carbocycles. The van der Waals surface area contributed by atoms with E-state index in [9.17, 15) is 0 Å². The molecule has 1 aliphatic rings. The van der Waals surface area contributed by atoms with E-state index in [4.69, 9.17) is 14.4 Å². The Morgan fingerprint density at radius 2 is 1.34 bits per heavy atom. The van der Waals surface area contributed by atoms with Gasteiger partial charge in [0.05, 0.1) is 27.8 Å². The molecular formula is C46H29N3O. The summed E-state index contributed by atoms with van der Waals surface area (Å²) in [7, 11) is 0. The van der Waals surface area contributed by atoms with Crippen LogP contribution in [0.1, 0.15) is 17.9 Å². The van der Waals surface area contributed by atoms with E-state index >= 15 is 0 Å². The Morgan fingerprint density at radius 1 is 0.620 bits per heavy atom. The highest BCUT2D eigenvalue weighted by Gasteiger charge is 2.21. The molecule has 9 aromatic rings. The molecule has 1 unspecified atom stereocenters. The fraction of sp³-hybridized carbons (Fsp3) is 0.0435. The highest BCUT2D eigenvalue weighted by atomic mass is 16.3. The van der Waals surface area contributed by atoms with Crippen LogP contribution in [0.5, 0.6) is 0 Å². The van der Waals surface area contributed by atoms with Gasteiger partial charge in [0.2, 0.25) is 5.95 Å². The molecule has 0 saturated carbocycles. The summed E-state index contributed by atoms with van der Waals surface area (Å²) >= 11 is 0. The Bertz CT molecular complexity index is 2770. The van der Waals surface area contributed by atoms with Crippen molar-refractivity contribution >= 4 is 43.7 Å². The predicted molar refractivity (Wildman–Crippen MR) is 203 cm³/mol.